The van der Waals surface area contributed by atoms with Gasteiger partial charge >= 0.3 is 0 Å². The number of carbonyl (C=O) groups excluding carboxylic acids is 1. The van der Waals surface area contributed by atoms with Gasteiger partial charge in [-0.25, -0.2) is 0 Å². The molecule has 1 aliphatic heterocycles. The summed E-state index contributed by atoms with van der Waals surface area (Å²) in [6.45, 7) is 2.68. The second-order valence-electron chi connectivity index (χ2n) is 6.17. The molecule has 0 bridgehead atoms. The summed E-state index contributed by atoms with van der Waals surface area (Å²) in [5, 5.41) is 0. The van der Waals surface area contributed by atoms with E-state index in [0.29, 0.717) is 29.4 Å². The molecule has 0 aromatic heterocycles. The first-order chi connectivity index (χ1) is 12.1. The van der Waals surface area contributed by atoms with Gasteiger partial charge in [-0.3, -0.25) is 4.79 Å². The van der Waals surface area contributed by atoms with E-state index < -0.39 is 0 Å². The molecule has 5 heteroatoms. The predicted octanol–water partition coefficient (Wildman–Crippen LogP) is 3.30. The molecule has 0 N–H and O–H groups in total. The van der Waals surface area contributed by atoms with Gasteiger partial charge < -0.3 is 19.1 Å². The normalized spacial score (nSPS) is 16.2. The SMILES string of the molecule is COc1cc(C(=O)N2Cc3ccccc3CC2C)cc(OC)c1OC. The number of rotatable bonds is 4. The summed E-state index contributed by atoms with van der Waals surface area (Å²) >= 11 is 0. The third-order valence-corrected chi connectivity index (χ3v) is 4.68. The van der Waals surface area contributed by atoms with Crippen LogP contribution in [-0.4, -0.2) is 38.2 Å². The van der Waals surface area contributed by atoms with Gasteiger partial charge in [0.25, 0.3) is 5.91 Å². The number of ether oxygens (including phenoxy) is 3. The minimum absolute atomic E-state index is 0.0405. The minimum Gasteiger partial charge on any atom is -0.493 e. The standard InChI is InChI=1S/C20H23NO4/c1-13-9-14-7-5-6-8-15(14)12-21(13)20(22)16-10-17(23-2)19(25-4)18(11-16)24-3/h5-8,10-11,13H,9,12H2,1-4H3. The highest BCUT2D eigenvalue weighted by molar-refractivity contribution is 5.96. The molecule has 1 heterocycles. The van der Waals surface area contributed by atoms with Crippen LogP contribution in [0.4, 0.5) is 0 Å². The fourth-order valence-corrected chi connectivity index (χ4v) is 3.32. The summed E-state index contributed by atoms with van der Waals surface area (Å²) in [4.78, 5) is 15.0. The zero-order valence-electron chi connectivity index (χ0n) is 15.0. The first-order valence-electron chi connectivity index (χ1n) is 8.26. The highest BCUT2D eigenvalue weighted by Crippen LogP contribution is 2.39. The Morgan fingerprint density at radius 2 is 1.60 bits per heavy atom. The van der Waals surface area contributed by atoms with Crippen LogP contribution in [0, 0.1) is 0 Å². The summed E-state index contributed by atoms with van der Waals surface area (Å²) in [7, 11) is 4.64. The fraction of sp³-hybridized carbons (Fsp3) is 0.350. The average molecular weight is 341 g/mol. The number of hydrogen-bond acceptors (Lipinski definition) is 4. The molecule has 5 nitrogen and oxygen atoms in total. The van der Waals surface area contributed by atoms with Crippen molar-refractivity contribution in [1.29, 1.82) is 0 Å². The van der Waals surface area contributed by atoms with E-state index in [1.54, 1.807) is 33.5 Å². The zero-order chi connectivity index (χ0) is 18.0. The van der Waals surface area contributed by atoms with Crippen LogP contribution in [0.3, 0.4) is 0 Å². The lowest BCUT2D eigenvalue weighted by Crippen LogP contribution is -2.42. The van der Waals surface area contributed by atoms with Crippen molar-refractivity contribution in [1.82, 2.24) is 4.90 Å². The molecule has 2 aromatic carbocycles. The number of benzene rings is 2. The summed E-state index contributed by atoms with van der Waals surface area (Å²) in [5.41, 5.74) is 3.03. The lowest BCUT2D eigenvalue weighted by atomic mass is 9.94. The minimum atomic E-state index is -0.0405. The van der Waals surface area contributed by atoms with Crippen LogP contribution in [0.25, 0.3) is 0 Å². The van der Waals surface area contributed by atoms with E-state index in [0.717, 1.165) is 6.42 Å². The van der Waals surface area contributed by atoms with Crippen LogP contribution in [0.15, 0.2) is 36.4 Å². The fourth-order valence-electron chi connectivity index (χ4n) is 3.32. The zero-order valence-corrected chi connectivity index (χ0v) is 15.0. The second-order valence-corrected chi connectivity index (χ2v) is 6.17. The highest BCUT2D eigenvalue weighted by Gasteiger charge is 2.28. The molecule has 2 aromatic rings. The molecule has 0 spiro atoms. The topological polar surface area (TPSA) is 48.0 Å². The molecule has 1 atom stereocenters. The second kappa shape index (κ2) is 7.05. The van der Waals surface area contributed by atoms with Gasteiger partial charge in [-0.2, -0.15) is 0 Å². The van der Waals surface area contributed by atoms with Crippen molar-refractivity contribution in [2.24, 2.45) is 0 Å². The molecule has 3 rings (SSSR count). The van der Waals surface area contributed by atoms with Gasteiger partial charge in [-0.15, -0.1) is 0 Å². The van der Waals surface area contributed by atoms with Gasteiger partial charge in [-0.1, -0.05) is 24.3 Å². The molecule has 0 fully saturated rings. The Balaban J connectivity index is 1.96. The third-order valence-electron chi connectivity index (χ3n) is 4.68. The maximum atomic E-state index is 13.1. The van der Waals surface area contributed by atoms with Gasteiger partial charge in [0, 0.05) is 18.2 Å². The Hall–Kier alpha value is -2.69. The summed E-state index contributed by atoms with van der Waals surface area (Å²) in [6, 6.07) is 11.8. The van der Waals surface area contributed by atoms with Crippen molar-refractivity contribution in [3.05, 3.63) is 53.1 Å². The Morgan fingerprint density at radius 3 is 2.16 bits per heavy atom. The molecule has 25 heavy (non-hydrogen) atoms. The average Bonchev–Trinajstić information content (AvgIpc) is 2.65. The molecule has 1 amide bonds. The van der Waals surface area contributed by atoms with Crippen molar-refractivity contribution in [3.63, 3.8) is 0 Å². The molecule has 0 radical (unpaired) electrons. The maximum Gasteiger partial charge on any atom is 0.254 e. The van der Waals surface area contributed by atoms with Crippen molar-refractivity contribution in [2.45, 2.75) is 25.9 Å². The highest BCUT2D eigenvalue weighted by atomic mass is 16.5. The van der Waals surface area contributed by atoms with E-state index in [-0.39, 0.29) is 11.9 Å². The molecule has 1 unspecified atom stereocenters. The number of nitrogens with zero attached hydrogens (tertiary/aromatic N) is 1. The Bertz CT molecular complexity index is 762. The van der Waals surface area contributed by atoms with Crippen LogP contribution in [0.5, 0.6) is 17.2 Å². The Kier molecular flexibility index (Phi) is 4.83. The van der Waals surface area contributed by atoms with Gasteiger partial charge in [-0.05, 0) is 36.6 Å². The van der Waals surface area contributed by atoms with Crippen molar-refractivity contribution >= 4 is 5.91 Å². The van der Waals surface area contributed by atoms with Crippen LogP contribution in [0.2, 0.25) is 0 Å². The van der Waals surface area contributed by atoms with Gasteiger partial charge in [0.05, 0.1) is 21.3 Å². The first-order valence-corrected chi connectivity index (χ1v) is 8.26. The molecule has 0 aliphatic carbocycles. The molecular weight excluding hydrogens is 318 g/mol. The monoisotopic (exact) mass is 341 g/mol. The van der Waals surface area contributed by atoms with E-state index in [4.69, 9.17) is 14.2 Å². The first kappa shape index (κ1) is 17.1. The number of methoxy groups -OCH3 is 3. The van der Waals surface area contributed by atoms with Crippen LogP contribution in [0.1, 0.15) is 28.4 Å². The summed E-state index contributed by atoms with van der Waals surface area (Å²) in [5.74, 6) is 1.41. The van der Waals surface area contributed by atoms with E-state index in [9.17, 15) is 4.79 Å². The number of amides is 1. The van der Waals surface area contributed by atoms with Crippen molar-refractivity contribution < 1.29 is 19.0 Å². The third kappa shape index (κ3) is 3.14. The van der Waals surface area contributed by atoms with Gasteiger partial charge in [0.15, 0.2) is 11.5 Å². The smallest absolute Gasteiger partial charge is 0.254 e. The Morgan fingerprint density at radius 1 is 1.00 bits per heavy atom. The lowest BCUT2D eigenvalue weighted by molar-refractivity contribution is 0.0657. The van der Waals surface area contributed by atoms with Gasteiger partial charge in [0.1, 0.15) is 0 Å². The molecular formula is C20H23NO4. The molecule has 0 saturated carbocycles. The van der Waals surface area contributed by atoms with Crippen LogP contribution >= 0.6 is 0 Å². The molecule has 132 valence electrons. The summed E-state index contributed by atoms with van der Waals surface area (Å²) in [6.07, 6.45) is 0.854. The van der Waals surface area contributed by atoms with E-state index in [1.165, 1.54) is 11.1 Å². The number of hydrogen-bond donors (Lipinski definition) is 0. The van der Waals surface area contributed by atoms with Crippen LogP contribution in [-0.2, 0) is 13.0 Å². The number of carbonyl (C=O) groups is 1. The lowest BCUT2D eigenvalue weighted by Gasteiger charge is -2.35. The van der Waals surface area contributed by atoms with Gasteiger partial charge in [0.2, 0.25) is 5.75 Å². The largest absolute Gasteiger partial charge is 0.493 e. The van der Waals surface area contributed by atoms with Crippen molar-refractivity contribution in [2.75, 3.05) is 21.3 Å². The van der Waals surface area contributed by atoms with E-state index in [2.05, 4.69) is 19.1 Å². The number of fused-ring (bicyclic) bond motifs is 1. The Labute approximate surface area is 148 Å². The predicted molar refractivity (Wildman–Crippen MR) is 95.6 cm³/mol. The summed E-state index contributed by atoms with van der Waals surface area (Å²) < 4.78 is 16.1. The quantitative estimate of drug-likeness (QED) is 0.856. The maximum absolute atomic E-state index is 13.1. The van der Waals surface area contributed by atoms with Crippen molar-refractivity contribution in [3.8, 4) is 17.2 Å². The molecule has 1 aliphatic rings. The molecule has 0 saturated heterocycles. The van der Waals surface area contributed by atoms with E-state index >= 15 is 0 Å². The van der Waals surface area contributed by atoms with E-state index in [1.807, 2.05) is 17.0 Å². The van der Waals surface area contributed by atoms with Crippen LogP contribution < -0.4 is 14.2 Å².